The van der Waals surface area contributed by atoms with Crippen molar-refractivity contribution >= 4 is 12.4 Å². The summed E-state index contributed by atoms with van der Waals surface area (Å²) in [4.78, 5) is 20.8. The van der Waals surface area contributed by atoms with Crippen molar-refractivity contribution in [3.8, 4) is 0 Å². The van der Waals surface area contributed by atoms with Gasteiger partial charge in [-0.2, -0.15) is 0 Å². The van der Waals surface area contributed by atoms with Crippen LogP contribution in [0, 0.1) is 11.8 Å². The summed E-state index contributed by atoms with van der Waals surface area (Å²) in [6.07, 6.45) is -0.403. The molecule has 2 unspecified atom stereocenters. The molecule has 0 bridgehead atoms. The molecule has 0 aliphatic carbocycles. The van der Waals surface area contributed by atoms with Crippen LogP contribution in [0.2, 0.25) is 0 Å². The molecule has 0 aromatic heterocycles. The highest BCUT2D eigenvalue weighted by Gasteiger charge is 2.42. The molecular weight excluding hydrogens is 146 g/mol. The molecule has 0 spiro atoms. The minimum absolute atomic E-state index is 0.0353. The van der Waals surface area contributed by atoms with Crippen LogP contribution in [0.1, 0.15) is 13.8 Å². The van der Waals surface area contributed by atoms with E-state index in [1.807, 2.05) is 13.8 Å². The average Bonchev–Trinajstić information content (AvgIpc) is 1.85. The Morgan fingerprint density at radius 1 is 1.64 bits per heavy atom. The van der Waals surface area contributed by atoms with E-state index in [0.29, 0.717) is 6.47 Å². The lowest BCUT2D eigenvalue weighted by Gasteiger charge is -2.37. The van der Waals surface area contributed by atoms with Gasteiger partial charge in [0.2, 0.25) is 5.91 Å². The molecule has 62 valence electrons. The minimum atomic E-state index is -0.403. The zero-order valence-corrected chi connectivity index (χ0v) is 6.53. The lowest BCUT2D eigenvalue weighted by atomic mass is 9.87. The van der Waals surface area contributed by atoms with Crippen LogP contribution in [-0.4, -0.2) is 18.6 Å². The van der Waals surface area contributed by atoms with Gasteiger partial charge in [0.1, 0.15) is 0 Å². The molecule has 4 nitrogen and oxygen atoms in total. The molecule has 0 aromatic carbocycles. The normalized spacial score (nSPS) is 29.2. The lowest BCUT2D eigenvalue weighted by Crippen LogP contribution is -2.61. The second-order valence-electron chi connectivity index (χ2n) is 2.93. The van der Waals surface area contributed by atoms with Crippen molar-refractivity contribution in [1.82, 2.24) is 5.32 Å². The number of β-lactam (4-membered cyclic amide) rings is 1. The summed E-state index contributed by atoms with van der Waals surface area (Å²) in [5, 5.41) is 2.48. The summed E-state index contributed by atoms with van der Waals surface area (Å²) >= 11 is 0. The molecule has 1 N–H and O–H groups in total. The van der Waals surface area contributed by atoms with Crippen molar-refractivity contribution in [3.05, 3.63) is 0 Å². The Kier molecular flexibility index (Phi) is 2.12. The molecule has 1 saturated heterocycles. The smallest absolute Gasteiger partial charge is 0.295 e. The standard InChI is InChI=1S/C7H11NO3/c1-4(2)5-6(10)8-7(5)11-3-9/h3-5,7H,1-2H3,(H,8,10). The van der Waals surface area contributed by atoms with Gasteiger partial charge in [0.15, 0.2) is 6.23 Å². The number of hydrogen-bond acceptors (Lipinski definition) is 3. The third kappa shape index (κ3) is 1.34. The van der Waals surface area contributed by atoms with Gasteiger partial charge in [0.05, 0.1) is 5.92 Å². The van der Waals surface area contributed by atoms with Gasteiger partial charge in [-0.15, -0.1) is 0 Å². The van der Waals surface area contributed by atoms with Crippen molar-refractivity contribution in [2.45, 2.75) is 20.1 Å². The Morgan fingerprint density at radius 2 is 2.27 bits per heavy atom. The average molecular weight is 157 g/mol. The zero-order chi connectivity index (χ0) is 8.43. The Labute approximate surface area is 64.9 Å². The molecule has 1 aliphatic rings. The van der Waals surface area contributed by atoms with E-state index in [-0.39, 0.29) is 17.7 Å². The number of hydrogen-bond donors (Lipinski definition) is 1. The van der Waals surface area contributed by atoms with E-state index in [1.165, 1.54) is 0 Å². The highest BCUT2D eigenvalue weighted by Crippen LogP contribution is 2.23. The van der Waals surface area contributed by atoms with E-state index in [4.69, 9.17) is 0 Å². The number of nitrogens with one attached hydrogen (secondary N) is 1. The molecule has 0 radical (unpaired) electrons. The molecule has 11 heavy (non-hydrogen) atoms. The Morgan fingerprint density at radius 3 is 2.64 bits per heavy atom. The van der Waals surface area contributed by atoms with Crippen LogP contribution in [0.4, 0.5) is 0 Å². The lowest BCUT2D eigenvalue weighted by molar-refractivity contribution is -0.162. The maximum atomic E-state index is 10.9. The summed E-state index contributed by atoms with van der Waals surface area (Å²) in [5.74, 6) is 0.0146. The van der Waals surface area contributed by atoms with Gasteiger partial charge in [-0.1, -0.05) is 13.8 Å². The zero-order valence-electron chi connectivity index (χ0n) is 6.53. The quantitative estimate of drug-likeness (QED) is 0.459. The van der Waals surface area contributed by atoms with Crippen LogP contribution in [0.5, 0.6) is 0 Å². The molecule has 1 heterocycles. The van der Waals surface area contributed by atoms with Crippen LogP contribution < -0.4 is 5.32 Å². The van der Waals surface area contributed by atoms with Gasteiger partial charge in [0, 0.05) is 0 Å². The summed E-state index contributed by atoms with van der Waals surface area (Å²) in [7, 11) is 0. The fourth-order valence-electron chi connectivity index (χ4n) is 1.20. The van der Waals surface area contributed by atoms with Crippen LogP contribution in [-0.2, 0) is 14.3 Å². The van der Waals surface area contributed by atoms with Gasteiger partial charge in [-0.05, 0) is 5.92 Å². The van der Waals surface area contributed by atoms with Crippen molar-refractivity contribution in [3.63, 3.8) is 0 Å². The first kappa shape index (κ1) is 8.04. The molecule has 1 amide bonds. The fourth-order valence-corrected chi connectivity index (χ4v) is 1.20. The molecule has 1 rings (SSSR count). The van der Waals surface area contributed by atoms with Crippen LogP contribution in [0.3, 0.4) is 0 Å². The summed E-state index contributed by atoms with van der Waals surface area (Å²) in [6, 6.07) is 0. The predicted octanol–water partition coefficient (Wildman–Crippen LogP) is -0.113. The van der Waals surface area contributed by atoms with E-state index in [2.05, 4.69) is 10.1 Å². The summed E-state index contributed by atoms with van der Waals surface area (Å²) < 4.78 is 4.61. The van der Waals surface area contributed by atoms with Gasteiger partial charge in [0.25, 0.3) is 6.47 Å². The number of ether oxygens (including phenoxy) is 1. The molecular formula is C7H11NO3. The Balaban J connectivity index is 2.47. The second-order valence-corrected chi connectivity index (χ2v) is 2.93. The van der Waals surface area contributed by atoms with Crippen LogP contribution in [0.15, 0.2) is 0 Å². The third-order valence-corrected chi connectivity index (χ3v) is 1.83. The first-order chi connectivity index (χ1) is 5.16. The van der Waals surface area contributed by atoms with Crippen molar-refractivity contribution < 1.29 is 14.3 Å². The molecule has 0 saturated carbocycles. The largest absolute Gasteiger partial charge is 0.443 e. The molecule has 4 heteroatoms. The SMILES string of the molecule is CC(C)C1C(=O)NC1OC=O. The minimum Gasteiger partial charge on any atom is -0.443 e. The van der Waals surface area contributed by atoms with Gasteiger partial charge < -0.3 is 10.1 Å². The Bertz CT molecular complexity index is 177. The monoisotopic (exact) mass is 157 g/mol. The maximum Gasteiger partial charge on any atom is 0.295 e. The van der Waals surface area contributed by atoms with Gasteiger partial charge in [-0.25, -0.2) is 0 Å². The maximum absolute atomic E-state index is 10.9. The number of carbonyl (C=O) groups excluding carboxylic acids is 2. The highest BCUT2D eigenvalue weighted by molar-refractivity contribution is 5.85. The predicted molar refractivity (Wildman–Crippen MR) is 37.4 cm³/mol. The van der Waals surface area contributed by atoms with Crippen molar-refractivity contribution in [2.24, 2.45) is 11.8 Å². The van der Waals surface area contributed by atoms with E-state index in [0.717, 1.165) is 0 Å². The summed E-state index contributed by atoms with van der Waals surface area (Å²) in [5.41, 5.74) is 0. The van der Waals surface area contributed by atoms with E-state index < -0.39 is 6.23 Å². The fraction of sp³-hybridized carbons (Fsp3) is 0.714. The van der Waals surface area contributed by atoms with Crippen LogP contribution in [0.25, 0.3) is 0 Å². The molecule has 0 aromatic rings. The highest BCUT2D eigenvalue weighted by atomic mass is 16.5. The van der Waals surface area contributed by atoms with Crippen LogP contribution >= 0.6 is 0 Å². The third-order valence-electron chi connectivity index (χ3n) is 1.83. The van der Waals surface area contributed by atoms with E-state index in [9.17, 15) is 9.59 Å². The first-order valence-corrected chi connectivity index (χ1v) is 3.56. The second kappa shape index (κ2) is 2.90. The molecule has 2 atom stereocenters. The Hall–Kier alpha value is -1.06. The molecule has 1 fully saturated rings. The van der Waals surface area contributed by atoms with E-state index >= 15 is 0 Å². The molecule has 1 aliphatic heterocycles. The van der Waals surface area contributed by atoms with Gasteiger partial charge in [-0.3, -0.25) is 9.59 Å². The summed E-state index contributed by atoms with van der Waals surface area (Å²) in [6.45, 7) is 4.20. The van der Waals surface area contributed by atoms with E-state index in [1.54, 1.807) is 0 Å². The number of amides is 1. The van der Waals surface area contributed by atoms with Gasteiger partial charge >= 0.3 is 0 Å². The first-order valence-electron chi connectivity index (χ1n) is 3.56. The van der Waals surface area contributed by atoms with Crippen molar-refractivity contribution in [1.29, 1.82) is 0 Å². The topological polar surface area (TPSA) is 55.4 Å². The number of rotatable bonds is 3. The van der Waals surface area contributed by atoms with Crippen molar-refractivity contribution in [2.75, 3.05) is 0 Å². The number of carbonyl (C=O) groups is 2.